The molecular formula is C25H27N3O3. The summed E-state index contributed by atoms with van der Waals surface area (Å²) in [6.07, 6.45) is 5.94. The van der Waals surface area contributed by atoms with E-state index in [4.69, 9.17) is 0 Å². The van der Waals surface area contributed by atoms with Crippen LogP contribution < -0.4 is 10.2 Å². The molecule has 1 N–H and O–H groups in total. The van der Waals surface area contributed by atoms with Gasteiger partial charge in [0.25, 0.3) is 11.8 Å². The second-order valence-corrected chi connectivity index (χ2v) is 8.75. The first-order valence-electron chi connectivity index (χ1n) is 11.2. The highest BCUT2D eigenvalue weighted by molar-refractivity contribution is 6.11. The van der Waals surface area contributed by atoms with Crippen LogP contribution in [0.25, 0.3) is 0 Å². The molecule has 160 valence electrons. The Hall–Kier alpha value is -3.15. The Balaban J connectivity index is 1.43. The zero-order chi connectivity index (χ0) is 21.4. The zero-order valence-corrected chi connectivity index (χ0v) is 17.5. The van der Waals surface area contributed by atoms with Crippen molar-refractivity contribution < 1.29 is 14.4 Å². The quantitative estimate of drug-likeness (QED) is 0.828. The fourth-order valence-corrected chi connectivity index (χ4v) is 5.11. The monoisotopic (exact) mass is 417 g/mol. The molecule has 31 heavy (non-hydrogen) atoms. The molecule has 0 radical (unpaired) electrons. The fourth-order valence-electron chi connectivity index (χ4n) is 5.11. The molecule has 2 aromatic rings. The number of hydrogen-bond acceptors (Lipinski definition) is 3. The van der Waals surface area contributed by atoms with E-state index in [1.807, 2.05) is 42.5 Å². The third-order valence-electron chi connectivity index (χ3n) is 6.71. The van der Waals surface area contributed by atoms with E-state index < -0.39 is 6.04 Å². The Bertz CT molecular complexity index is 1030. The number of nitrogens with one attached hydrogen (secondary N) is 1. The maximum Gasteiger partial charge on any atom is 0.256 e. The number of anilines is 1. The number of hydrogen-bond donors (Lipinski definition) is 1. The van der Waals surface area contributed by atoms with Crippen molar-refractivity contribution in [3.8, 4) is 0 Å². The third kappa shape index (κ3) is 3.71. The molecular weight excluding hydrogens is 390 g/mol. The van der Waals surface area contributed by atoms with Gasteiger partial charge in [-0.1, -0.05) is 37.1 Å². The molecule has 1 saturated heterocycles. The fraction of sp³-hybridized carbons (Fsp3) is 0.400. The number of fused-ring (bicyclic) bond motifs is 2. The molecule has 2 aliphatic heterocycles. The lowest BCUT2D eigenvalue weighted by atomic mass is 10.1. The van der Waals surface area contributed by atoms with Crippen LogP contribution >= 0.6 is 0 Å². The highest BCUT2D eigenvalue weighted by atomic mass is 16.2. The van der Waals surface area contributed by atoms with E-state index in [2.05, 4.69) is 5.32 Å². The van der Waals surface area contributed by atoms with Gasteiger partial charge in [-0.2, -0.15) is 0 Å². The number of nitrogens with zero attached hydrogens (tertiary/aromatic N) is 2. The Kier molecular flexibility index (Phi) is 5.22. The number of rotatable bonds is 4. The predicted molar refractivity (Wildman–Crippen MR) is 118 cm³/mol. The van der Waals surface area contributed by atoms with E-state index >= 15 is 0 Å². The second kappa shape index (κ2) is 8.17. The molecule has 6 nitrogen and oxygen atoms in total. The number of amides is 3. The average Bonchev–Trinajstić information content (AvgIpc) is 3.47. The summed E-state index contributed by atoms with van der Waals surface area (Å²) in [7, 11) is 0. The van der Waals surface area contributed by atoms with Gasteiger partial charge in [-0.25, -0.2) is 0 Å². The van der Waals surface area contributed by atoms with E-state index in [0.29, 0.717) is 36.3 Å². The molecule has 2 heterocycles. The van der Waals surface area contributed by atoms with Crippen LogP contribution in [0.15, 0.2) is 48.5 Å². The van der Waals surface area contributed by atoms with Crippen molar-refractivity contribution in [2.45, 2.75) is 57.2 Å². The summed E-state index contributed by atoms with van der Waals surface area (Å²) in [5.74, 6) is -0.177. The van der Waals surface area contributed by atoms with Crippen LogP contribution in [0.5, 0.6) is 0 Å². The number of carbonyl (C=O) groups excluding carboxylic acids is 3. The van der Waals surface area contributed by atoms with Crippen LogP contribution in [-0.4, -0.2) is 41.2 Å². The van der Waals surface area contributed by atoms with Crippen molar-refractivity contribution >= 4 is 23.4 Å². The van der Waals surface area contributed by atoms with Crippen molar-refractivity contribution in [1.29, 1.82) is 0 Å². The summed E-state index contributed by atoms with van der Waals surface area (Å²) < 4.78 is 0. The van der Waals surface area contributed by atoms with Crippen LogP contribution in [0.3, 0.4) is 0 Å². The van der Waals surface area contributed by atoms with Crippen molar-refractivity contribution in [2.24, 2.45) is 0 Å². The van der Waals surface area contributed by atoms with Crippen molar-refractivity contribution in [2.75, 3.05) is 11.4 Å². The molecule has 2 fully saturated rings. The second-order valence-electron chi connectivity index (χ2n) is 8.75. The van der Waals surface area contributed by atoms with Gasteiger partial charge in [-0.15, -0.1) is 0 Å². The van der Waals surface area contributed by atoms with E-state index in [1.54, 1.807) is 15.9 Å². The van der Waals surface area contributed by atoms with Crippen molar-refractivity contribution in [3.63, 3.8) is 0 Å². The number of para-hydroxylation sites is 1. The van der Waals surface area contributed by atoms with E-state index in [-0.39, 0.29) is 23.8 Å². The normalized spacial score (nSPS) is 21.1. The zero-order valence-electron chi connectivity index (χ0n) is 17.5. The Labute approximate surface area is 182 Å². The van der Waals surface area contributed by atoms with Gasteiger partial charge in [0.05, 0.1) is 17.8 Å². The Morgan fingerprint density at radius 2 is 1.77 bits per heavy atom. The topological polar surface area (TPSA) is 69.7 Å². The van der Waals surface area contributed by atoms with Gasteiger partial charge in [-0.05, 0) is 55.5 Å². The molecule has 5 rings (SSSR count). The lowest BCUT2D eigenvalue weighted by Gasteiger charge is -2.26. The van der Waals surface area contributed by atoms with Gasteiger partial charge in [0, 0.05) is 18.2 Å². The minimum Gasteiger partial charge on any atom is -0.349 e. The molecule has 0 bridgehead atoms. The molecule has 0 aromatic heterocycles. The molecule has 1 saturated carbocycles. The number of carbonyl (C=O) groups is 3. The first-order valence-corrected chi connectivity index (χ1v) is 11.2. The maximum atomic E-state index is 13.4. The average molecular weight is 418 g/mol. The van der Waals surface area contributed by atoms with Crippen LogP contribution in [0, 0.1) is 0 Å². The summed E-state index contributed by atoms with van der Waals surface area (Å²) in [4.78, 5) is 42.7. The predicted octanol–water partition coefficient (Wildman–Crippen LogP) is 3.51. The van der Waals surface area contributed by atoms with Gasteiger partial charge in [0.2, 0.25) is 5.91 Å². The van der Waals surface area contributed by atoms with Gasteiger partial charge in [-0.3, -0.25) is 14.4 Å². The lowest BCUT2D eigenvalue weighted by molar-refractivity contribution is -0.122. The molecule has 1 aliphatic carbocycles. The van der Waals surface area contributed by atoms with Crippen LogP contribution in [0.2, 0.25) is 0 Å². The molecule has 6 heteroatoms. The van der Waals surface area contributed by atoms with Gasteiger partial charge < -0.3 is 15.1 Å². The minimum absolute atomic E-state index is 0.0448. The standard InChI is InChI=1S/C25H27N3O3/c29-23(26-19-9-1-2-10-19)18-8-5-7-17(15-18)16-28-21-12-4-3-11-20(21)24(30)27-14-6-13-22(27)25(28)31/h3-5,7-8,11-12,15,19,22H,1-2,6,9-10,13-14,16H2,(H,26,29)/t22-/m1/s1. The summed E-state index contributed by atoms with van der Waals surface area (Å²) in [5.41, 5.74) is 2.70. The van der Waals surface area contributed by atoms with Gasteiger partial charge >= 0.3 is 0 Å². The highest BCUT2D eigenvalue weighted by Crippen LogP contribution is 2.33. The first-order chi connectivity index (χ1) is 15.1. The molecule has 3 amide bonds. The summed E-state index contributed by atoms with van der Waals surface area (Å²) in [6.45, 7) is 0.951. The number of benzene rings is 2. The summed E-state index contributed by atoms with van der Waals surface area (Å²) in [5, 5.41) is 3.13. The lowest BCUT2D eigenvalue weighted by Crippen LogP contribution is -2.44. The molecule has 3 aliphatic rings. The minimum atomic E-state index is -0.409. The molecule has 0 unspecified atom stereocenters. The molecule has 1 atom stereocenters. The van der Waals surface area contributed by atoms with Crippen molar-refractivity contribution in [3.05, 3.63) is 65.2 Å². The SMILES string of the molecule is O=C(NC1CCCC1)c1cccc(CN2C(=O)[C@H]3CCCN3C(=O)c3ccccc32)c1. The Morgan fingerprint density at radius 3 is 2.61 bits per heavy atom. The largest absolute Gasteiger partial charge is 0.349 e. The smallest absolute Gasteiger partial charge is 0.256 e. The van der Waals surface area contributed by atoms with E-state index in [9.17, 15) is 14.4 Å². The highest BCUT2D eigenvalue weighted by Gasteiger charge is 2.41. The van der Waals surface area contributed by atoms with Crippen molar-refractivity contribution in [1.82, 2.24) is 10.2 Å². The van der Waals surface area contributed by atoms with E-state index in [0.717, 1.165) is 24.8 Å². The van der Waals surface area contributed by atoms with Crippen LogP contribution in [-0.2, 0) is 11.3 Å². The van der Waals surface area contributed by atoms with Gasteiger partial charge in [0.1, 0.15) is 6.04 Å². The Morgan fingerprint density at radius 1 is 0.968 bits per heavy atom. The van der Waals surface area contributed by atoms with Crippen LogP contribution in [0.4, 0.5) is 5.69 Å². The summed E-state index contributed by atoms with van der Waals surface area (Å²) in [6, 6.07) is 14.6. The maximum absolute atomic E-state index is 13.4. The first kappa shape index (κ1) is 19.8. The third-order valence-corrected chi connectivity index (χ3v) is 6.71. The van der Waals surface area contributed by atoms with E-state index in [1.165, 1.54) is 12.8 Å². The van der Waals surface area contributed by atoms with Crippen LogP contribution in [0.1, 0.15) is 64.8 Å². The van der Waals surface area contributed by atoms with Gasteiger partial charge in [0.15, 0.2) is 0 Å². The summed E-state index contributed by atoms with van der Waals surface area (Å²) >= 11 is 0. The molecule has 0 spiro atoms. The molecule has 2 aromatic carbocycles.